The number of aromatic nitrogens is 2. The van der Waals surface area contributed by atoms with Crippen LogP contribution in [0.25, 0.3) is 0 Å². The van der Waals surface area contributed by atoms with Crippen molar-refractivity contribution in [2.24, 2.45) is 0 Å². The zero-order valence-corrected chi connectivity index (χ0v) is 20.9. The van der Waals surface area contributed by atoms with Gasteiger partial charge in [-0.3, -0.25) is 9.97 Å². The van der Waals surface area contributed by atoms with Crippen molar-refractivity contribution < 1.29 is 0 Å². The second kappa shape index (κ2) is 15.3. The minimum atomic E-state index is 0.355. The van der Waals surface area contributed by atoms with E-state index in [0.29, 0.717) is 25.1 Å². The first-order chi connectivity index (χ1) is 15.0. The molecule has 3 N–H and O–H groups in total. The van der Waals surface area contributed by atoms with Gasteiger partial charge < -0.3 is 20.9 Å². The number of halogens is 5. The van der Waals surface area contributed by atoms with Crippen molar-refractivity contribution in [2.75, 3.05) is 57.3 Å². The van der Waals surface area contributed by atoms with Crippen LogP contribution in [0.2, 0.25) is 25.1 Å². The third-order valence-electron chi connectivity index (χ3n) is 4.47. The largest absolute Gasteiger partial charge is 0.368 e. The Balaban J connectivity index is 0.000000181. The number of anilines is 1. The lowest BCUT2D eigenvalue weighted by atomic mass is 10.3. The van der Waals surface area contributed by atoms with Gasteiger partial charge in [0.25, 0.3) is 0 Å². The van der Waals surface area contributed by atoms with Crippen LogP contribution in [0, 0.1) is 0 Å². The fourth-order valence-corrected chi connectivity index (χ4v) is 4.00. The van der Waals surface area contributed by atoms with Gasteiger partial charge in [-0.2, -0.15) is 0 Å². The number of hydrogen-bond acceptors (Lipinski definition) is 6. The van der Waals surface area contributed by atoms with E-state index in [9.17, 15) is 0 Å². The molecule has 0 saturated carbocycles. The molecular weight excluding hydrogens is 502 g/mol. The maximum absolute atomic E-state index is 6.11. The van der Waals surface area contributed by atoms with Crippen LogP contribution in [-0.2, 0) is 0 Å². The lowest BCUT2D eigenvalue weighted by Gasteiger charge is -2.24. The minimum absolute atomic E-state index is 0.355. The van der Waals surface area contributed by atoms with Crippen molar-refractivity contribution in [3.8, 4) is 0 Å². The summed E-state index contributed by atoms with van der Waals surface area (Å²) >= 11 is 28.9. The van der Waals surface area contributed by atoms with Crippen LogP contribution in [0.5, 0.6) is 0 Å². The van der Waals surface area contributed by atoms with Gasteiger partial charge in [-0.1, -0.05) is 58.0 Å². The summed E-state index contributed by atoms with van der Waals surface area (Å²) in [5, 5.41) is 12.3. The van der Waals surface area contributed by atoms with Gasteiger partial charge in [-0.15, -0.1) is 0 Å². The van der Waals surface area contributed by atoms with Crippen LogP contribution in [-0.4, -0.2) is 62.3 Å². The van der Waals surface area contributed by atoms with Crippen LogP contribution in [0.1, 0.15) is 12.8 Å². The average Bonchev–Trinajstić information content (AvgIpc) is 3.21. The Hall–Kier alpha value is -0.570. The molecule has 0 spiro atoms. The lowest BCUT2D eigenvalue weighted by Crippen LogP contribution is -2.28. The summed E-state index contributed by atoms with van der Waals surface area (Å²) in [6.07, 6.45) is 8.54. The van der Waals surface area contributed by atoms with Gasteiger partial charge in [-0.05, 0) is 32.5 Å². The van der Waals surface area contributed by atoms with E-state index in [0.717, 1.165) is 51.4 Å². The number of rotatable bonds is 1. The molecule has 0 bridgehead atoms. The first kappa shape index (κ1) is 26.7. The molecule has 0 aromatic carbocycles. The number of nitrogens with zero attached hydrogens (tertiary/aromatic N) is 3. The summed E-state index contributed by atoms with van der Waals surface area (Å²) in [6.45, 7) is 8.59. The lowest BCUT2D eigenvalue weighted by molar-refractivity contribution is 0.718. The SMILES string of the molecule is C1CNCCNC1.Clc1cncc(Cl)c1Cl.Clc1cncc(Cl)c1N1CCCNCC1. The molecule has 31 heavy (non-hydrogen) atoms. The molecule has 172 valence electrons. The highest BCUT2D eigenvalue weighted by Crippen LogP contribution is 2.32. The van der Waals surface area contributed by atoms with E-state index < -0.39 is 0 Å². The van der Waals surface area contributed by atoms with Crippen LogP contribution < -0.4 is 20.9 Å². The van der Waals surface area contributed by atoms with E-state index in [-0.39, 0.29) is 0 Å². The smallest absolute Gasteiger partial charge is 0.0838 e. The molecule has 6 nitrogen and oxygen atoms in total. The second-order valence-corrected chi connectivity index (χ2v) is 8.82. The molecule has 11 heteroatoms. The Morgan fingerprint density at radius 2 is 1.06 bits per heavy atom. The van der Waals surface area contributed by atoms with Gasteiger partial charge in [0.1, 0.15) is 0 Å². The van der Waals surface area contributed by atoms with Gasteiger partial charge in [-0.25, -0.2) is 0 Å². The summed E-state index contributed by atoms with van der Waals surface area (Å²) in [6, 6.07) is 0. The predicted molar refractivity (Wildman–Crippen MR) is 134 cm³/mol. The first-order valence-corrected chi connectivity index (χ1v) is 12.0. The Morgan fingerprint density at radius 1 is 0.581 bits per heavy atom. The van der Waals surface area contributed by atoms with E-state index in [2.05, 4.69) is 30.8 Å². The molecule has 2 aromatic rings. The minimum Gasteiger partial charge on any atom is -0.368 e. The van der Waals surface area contributed by atoms with Gasteiger partial charge >= 0.3 is 0 Å². The van der Waals surface area contributed by atoms with E-state index in [1.807, 2.05) is 0 Å². The Labute approximate surface area is 209 Å². The standard InChI is InChI=1S/C10H13Cl2N3.C5H2Cl3N.C5H12N2/c11-8-6-14-7-9(12)10(8)15-4-1-2-13-3-5-15;6-3-1-9-2-4(7)5(3)8;1-2-6-4-5-7-3-1/h6-7,13H,1-5H2;1-2H;6-7H,1-5H2. The quantitative estimate of drug-likeness (QED) is 0.494. The van der Waals surface area contributed by atoms with Crippen molar-refractivity contribution in [2.45, 2.75) is 12.8 Å². The predicted octanol–water partition coefficient (Wildman–Crippen LogP) is 4.80. The third-order valence-corrected chi connectivity index (χ3v) is 6.19. The highest BCUT2D eigenvalue weighted by atomic mass is 35.5. The highest BCUT2D eigenvalue weighted by Gasteiger charge is 2.15. The van der Waals surface area contributed by atoms with E-state index >= 15 is 0 Å². The monoisotopic (exact) mass is 526 g/mol. The molecule has 2 saturated heterocycles. The highest BCUT2D eigenvalue weighted by molar-refractivity contribution is 6.47. The number of pyridine rings is 2. The molecular formula is C20H27Cl5N6. The van der Waals surface area contributed by atoms with Gasteiger partial charge in [0.05, 0.1) is 30.8 Å². The van der Waals surface area contributed by atoms with Crippen LogP contribution in [0.4, 0.5) is 5.69 Å². The molecule has 0 unspecified atom stereocenters. The summed E-state index contributed by atoms with van der Waals surface area (Å²) in [4.78, 5) is 9.87. The summed E-state index contributed by atoms with van der Waals surface area (Å²) in [7, 11) is 0. The van der Waals surface area contributed by atoms with Gasteiger partial charge in [0.2, 0.25) is 0 Å². The molecule has 0 aliphatic carbocycles. The van der Waals surface area contributed by atoms with Crippen LogP contribution in [0.3, 0.4) is 0 Å². The average molecular weight is 529 g/mol. The molecule has 2 fully saturated rings. The molecule has 4 heterocycles. The Morgan fingerprint density at radius 3 is 1.61 bits per heavy atom. The molecule has 2 aliphatic heterocycles. The van der Waals surface area contributed by atoms with Gasteiger partial charge in [0, 0.05) is 57.5 Å². The van der Waals surface area contributed by atoms with Crippen molar-refractivity contribution in [3.63, 3.8) is 0 Å². The summed E-state index contributed by atoms with van der Waals surface area (Å²) in [5.41, 5.74) is 0.914. The fourth-order valence-electron chi connectivity index (χ4n) is 2.94. The summed E-state index contributed by atoms with van der Waals surface area (Å²) < 4.78 is 0. The molecule has 0 amide bonds. The van der Waals surface area contributed by atoms with Crippen LogP contribution >= 0.6 is 58.0 Å². The van der Waals surface area contributed by atoms with Gasteiger partial charge in [0.15, 0.2) is 0 Å². The Kier molecular flexibility index (Phi) is 13.2. The first-order valence-electron chi connectivity index (χ1n) is 10.1. The molecule has 0 atom stereocenters. The molecule has 2 aliphatic rings. The Bertz CT molecular complexity index is 726. The molecule has 4 rings (SSSR count). The van der Waals surface area contributed by atoms with E-state index in [1.165, 1.54) is 31.9 Å². The van der Waals surface area contributed by atoms with Crippen molar-refractivity contribution >= 4 is 63.7 Å². The second-order valence-electron chi connectivity index (χ2n) is 6.81. The van der Waals surface area contributed by atoms with Crippen molar-refractivity contribution in [1.82, 2.24) is 25.9 Å². The molecule has 2 aromatic heterocycles. The zero-order valence-electron chi connectivity index (χ0n) is 17.1. The third kappa shape index (κ3) is 9.84. The normalized spacial score (nSPS) is 16.7. The zero-order chi connectivity index (χ0) is 22.5. The van der Waals surface area contributed by atoms with Crippen LogP contribution in [0.15, 0.2) is 24.8 Å². The van der Waals surface area contributed by atoms with Crippen molar-refractivity contribution in [1.29, 1.82) is 0 Å². The maximum atomic E-state index is 6.11. The van der Waals surface area contributed by atoms with Crippen molar-refractivity contribution in [3.05, 3.63) is 49.9 Å². The van der Waals surface area contributed by atoms with E-state index in [4.69, 9.17) is 58.0 Å². The summed E-state index contributed by atoms with van der Waals surface area (Å²) in [5.74, 6) is 0. The molecule has 0 radical (unpaired) electrons. The number of nitrogens with one attached hydrogen (secondary N) is 3. The van der Waals surface area contributed by atoms with E-state index in [1.54, 1.807) is 12.4 Å². The topological polar surface area (TPSA) is 65.1 Å². The number of hydrogen-bond donors (Lipinski definition) is 3. The maximum Gasteiger partial charge on any atom is 0.0838 e. The fraction of sp³-hybridized carbons (Fsp3) is 0.500.